The molecule has 4 heteroatoms. The Kier molecular flexibility index (Phi) is 5.21. The van der Waals surface area contributed by atoms with Crippen molar-refractivity contribution >= 4 is 32.6 Å². The van der Waals surface area contributed by atoms with E-state index >= 15 is 0 Å². The van der Waals surface area contributed by atoms with Crippen molar-refractivity contribution in [3.63, 3.8) is 0 Å². The Bertz CT molecular complexity index is 2350. The van der Waals surface area contributed by atoms with E-state index < -0.39 is 0 Å². The van der Waals surface area contributed by atoms with E-state index in [2.05, 4.69) is 91.2 Å². The molecule has 1 aliphatic rings. The first-order valence-electron chi connectivity index (χ1n) is 15.1. The summed E-state index contributed by atoms with van der Waals surface area (Å²) in [4.78, 5) is 15.1. The minimum Gasteiger partial charge on any atom is -0.278 e. The monoisotopic (exact) mass is 564 g/mol. The molecule has 0 fully saturated rings. The van der Waals surface area contributed by atoms with E-state index in [0.29, 0.717) is 17.6 Å². The number of para-hydroxylation sites is 1. The van der Waals surface area contributed by atoms with Gasteiger partial charge < -0.3 is 0 Å². The summed E-state index contributed by atoms with van der Waals surface area (Å²) in [5.74, 6) is 1.91. The van der Waals surface area contributed by atoms with Gasteiger partial charge in [-0.05, 0) is 51.2 Å². The van der Waals surface area contributed by atoms with Crippen LogP contribution in [0, 0.1) is 0 Å². The lowest BCUT2D eigenvalue weighted by molar-refractivity contribution is 0.661. The van der Waals surface area contributed by atoms with Gasteiger partial charge in [0.05, 0.1) is 11.0 Å². The maximum absolute atomic E-state index is 5.10. The maximum atomic E-state index is 5.10. The SMILES string of the molecule is CC1(C)c2ccccc2-c2c1ccc1cc3c(cc21)c1ccccc1n3-c1nc(-c2ccccc2)nc(-c2ccccc2)n1. The molecule has 9 rings (SSSR count). The average molecular weight is 565 g/mol. The fraction of sp³-hybridized carbons (Fsp3) is 0.0750. The van der Waals surface area contributed by atoms with Crippen molar-refractivity contribution in [1.82, 2.24) is 19.5 Å². The maximum Gasteiger partial charge on any atom is 0.238 e. The van der Waals surface area contributed by atoms with Gasteiger partial charge in [0.1, 0.15) is 0 Å². The van der Waals surface area contributed by atoms with E-state index in [1.165, 1.54) is 43.8 Å². The summed E-state index contributed by atoms with van der Waals surface area (Å²) in [6.45, 7) is 4.67. The van der Waals surface area contributed by atoms with E-state index in [1.807, 2.05) is 60.7 Å². The molecule has 0 saturated carbocycles. The second-order valence-corrected chi connectivity index (χ2v) is 12.1. The topological polar surface area (TPSA) is 43.6 Å². The Morgan fingerprint density at radius 2 is 1.14 bits per heavy atom. The first-order valence-corrected chi connectivity index (χ1v) is 15.1. The van der Waals surface area contributed by atoms with Gasteiger partial charge in [-0.2, -0.15) is 9.97 Å². The Labute approximate surface area is 255 Å². The van der Waals surface area contributed by atoms with Crippen LogP contribution in [-0.2, 0) is 5.41 Å². The fourth-order valence-electron chi connectivity index (χ4n) is 7.10. The number of aromatic nitrogens is 4. The normalized spacial score (nSPS) is 13.4. The van der Waals surface area contributed by atoms with Crippen molar-refractivity contribution in [3.05, 3.63) is 145 Å². The highest BCUT2D eigenvalue weighted by atomic mass is 15.2. The molecule has 8 aromatic rings. The lowest BCUT2D eigenvalue weighted by Gasteiger charge is -2.21. The van der Waals surface area contributed by atoms with Crippen LogP contribution in [0.5, 0.6) is 0 Å². The first-order chi connectivity index (χ1) is 21.6. The highest BCUT2D eigenvalue weighted by Crippen LogP contribution is 2.51. The molecule has 0 saturated heterocycles. The van der Waals surface area contributed by atoms with Crippen LogP contribution < -0.4 is 0 Å². The summed E-state index contributed by atoms with van der Waals surface area (Å²) in [7, 11) is 0. The van der Waals surface area contributed by atoms with Crippen molar-refractivity contribution in [3.8, 4) is 39.9 Å². The standard InChI is InChI=1S/C40H28N4/c1-40(2)32-19-11-9-18-29(32)36-30-24-31-28-17-10-12-20-34(28)44(35(31)23-27(30)21-22-33(36)40)39-42-37(25-13-5-3-6-14-25)41-38(43-39)26-15-7-4-8-16-26/h3-24H,1-2H3. The summed E-state index contributed by atoms with van der Waals surface area (Å²) < 4.78 is 2.20. The fourth-order valence-corrected chi connectivity index (χ4v) is 7.10. The van der Waals surface area contributed by atoms with Gasteiger partial charge in [0, 0.05) is 27.3 Å². The number of fused-ring (bicyclic) bond motifs is 8. The number of hydrogen-bond acceptors (Lipinski definition) is 3. The van der Waals surface area contributed by atoms with E-state index in [9.17, 15) is 0 Å². The summed E-state index contributed by atoms with van der Waals surface area (Å²) in [6.07, 6.45) is 0. The third-order valence-electron chi connectivity index (χ3n) is 9.24. The van der Waals surface area contributed by atoms with Gasteiger partial charge in [0.25, 0.3) is 0 Å². The summed E-state index contributed by atoms with van der Waals surface area (Å²) in [5, 5.41) is 4.84. The molecule has 6 aromatic carbocycles. The molecule has 44 heavy (non-hydrogen) atoms. The molecule has 4 nitrogen and oxygen atoms in total. The molecule has 0 N–H and O–H groups in total. The van der Waals surface area contributed by atoms with Gasteiger partial charge >= 0.3 is 0 Å². The zero-order chi connectivity index (χ0) is 29.4. The molecule has 0 bridgehead atoms. The minimum absolute atomic E-state index is 0.0460. The first kappa shape index (κ1) is 24.9. The number of rotatable bonds is 3. The molecule has 0 unspecified atom stereocenters. The molecule has 0 radical (unpaired) electrons. The number of hydrogen-bond donors (Lipinski definition) is 0. The van der Waals surface area contributed by atoms with Crippen LogP contribution in [0.4, 0.5) is 0 Å². The average Bonchev–Trinajstić information content (AvgIpc) is 3.52. The second-order valence-electron chi connectivity index (χ2n) is 12.1. The van der Waals surface area contributed by atoms with Crippen LogP contribution in [0.15, 0.2) is 133 Å². The van der Waals surface area contributed by atoms with Crippen molar-refractivity contribution in [1.29, 1.82) is 0 Å². The van der Waals surface area contributed by atoms with Gasteiger partial charge in [-0.15, -0.1) is 0 Å². The zero-order valence-electron chi connectivity index (χ0n) is 24.5. The van der Waals surface area contributed by atoms with E-state index in [1.54, 1.807) is 0 Å². The largest absolute Gasteiger partial charge is 0.278 e. The zero-order valence-corrected chi connectivity index (χ0v) is 24.5. The van der Waals surface area contributed by atoms with Crippen molar-refractivity contribution in [2.75, 3.05) is 0 Å². The second kappa shape index (κ2) is 9.19. The molecule has 0 aliphatic heterocycles. The quantitative estimate of drug-likeness (QED) is 0.215. The Hall–Kier alpha value is -5.61. The molecule has 1 aliphatic carbocycles. The molecule has 2 heterocycles. The minimum atomic E-state index is -0.0460. The molecule has 0 amide bonds. The Morgan fingerprint density at radius 3 is 1.86 bits per heavy atom. The highest BCUT2D eigenvalue weighted by Gasteiger charge is 2.36. The Morgan fingerprint density at radius 1 is 0.500 bits per heavy atom. The van der Waals surface area contributed by atoms with E-state index in [0.717, 1.165) is 22.2 Å². The number of benzene rings is 6. The predicted molar refractivity (Wildman–Crippen MR) is 180 cm³/mol. The van der Waals surface area contributed by atoms with Crippen LogP contribution in [0.1, 0.15) is 25.0 Å². The van der Waals surface area contributed by atoms with Crippen LogP contribution in [0.3, 0.4) is 0 Å². The molecular weight excluding hydrogens is 536 g/mol. The van der Waals surface area contributed by atoms with Gasteiger partial charge in [-0.1, -0.05) is 129 Å². The Balaban J connectivity index is 1.37. The number of nitrogens with zero attached hydrogens (tertiary/aromatic N) is 4. The van der Waals surface area contributed by atoms with Crippen LogP contribution in [0.25, 0.3) is 72.4 Å². The molecule has 208 valence electrons. The lowest BCUT2D eigenvalue weighted by atomic mass is 9.82. The highest BCUT2D eigenvalue weighted by molar-refractivity contribution is 6.16. The molecule has 0 atom stereocenters. The third-order valence-corrected chi connectivity index (χ3v) is 9.24. The van der Waals surface area contributed by atoms with E-state index in [-0.39, 0.29) is 5.41 Å². The van der Waals surface area contributed by atoms with Crippen LogP contribution >= 0.6 is 0 Å². The molecular formula is C40H28N4. The van der Waals surface area contributed by atoms with Crippen LogP contribution in [-0.4, -0.2) is 19.5 Å². The summed E-state index contributed by atoms with van der Waals surface area (Å²) in [6, 6.07) is 47.0. The van der Waals surface area contributed by atoms with Gasteiger partial charge in [-0.3, -0.25) is 4.57 Å². The summed E-state index contributed by atoms with van der Waals surface area (Å²) in [5.41, 5.74) is 9.46. The predicted octanol–water partition coefficient (Wildman–Crippen LogP) is 9.76. The smallest absolute Gasteiger partial charge is 0.238 e. The van der Waals surface area contributed by atoms with Gasteiger partial charge in [-0.25, -0.2) is 4.98 Å². The van der Waals surface area contributed by atoms with Crippen molar-refractivity contribution < 1.29 is 0 Å². The molecule has 0 spiro atoms. The third kappa shape index (κ3) is 3.54. The van der Waals surface area contributed by atoms with Crippen LogP contribution in [0.2, 0.25) is 0 Å². The van der Waals surface area contributed by atoms with Crippen molar-refractivity contribution in [2.45, 2.75) is 19.3 Å². The van der Waals surface area contributed by atoms with Gasteiger partial charge in [0.2, 0.25) is 5.95 Å². The van der Waals surface area contributed by atoms with Crippen molar-refractivity contribution in [2.24, 2.45) is 0 Å². The van der Waals surface area contributed by atoms with Gasteiger partial charge in [0.15, 0.2) is 11.6 Å². The lowest BCUT2D eigenvalue weighted by Crippen LogP contribution is -2.14. The summed E-state index contributed by atoms with van der Waals surface area (Å²) >= 11 is 0. The van der Waals surface area contributed by atoms with E-state index in [4.69, 9.17) is 15.0 Å². The molecule has 2 aromatic heterocycles.